The third-order valence-corrected chi connectivity index (χ3v) is 3.84. The van der Waals surface area contributed by atoms with E-state index >= 15 is 0 Å². The van der Waals surface area contributed by atoms with Crippen LogP contribution in [0, 0.1) is 11.2 Å². The highest BCUT2D eigenvalue weighted by molar-refractivity contribution is 5.97. The highest BCUT2D eigenvalue weighted by Crippen LogP contribution is 2.36. The molecule has 1 amide bonds. The zero-order valence-corrected chi connectivity index (χ0v) is 11.6. The summed E-state index contributed by atoms with van der Waals surface area (Å²) in [4.78, 5) is 25.3. The number of carboxylic acids is 1. The summed E-state index contributed by atoms with van der Waals surface area (Å²) in [7, 11) is 0. The van der Waals surface area contributed by atoms with Gasteiger partial charge in [0, 0.05) is 12.1 Å². The SMILES string of the molecule is CC1(C)CCCN(C(=O)c2cccc(F)c2)C1C(=O)O. The summed E-state index contributed by atoms with van der Waals surface area (Å²) in [5, 5.41) is 9.43. The maximum atomic E-state index is 13.2. The van der Waals surface area contributed by atoms with Crippen molar-refractivity contribution in [3.8, 4) is 0 Å². The minimum atomic E-state index is -1.01. The van der Waals surface area contributed by atoms with Gasteiger partial charge in [-0.2, -0.15) is 0 Å². The molecule has 108 valence electrons. The lowest BCUT2D eigenvalue weighted by molar-refractivity contribution is -0.148. The smallest absolute Gasteiger partial charge is 0.326 e. The number of aliphatic carboxylic acids is 1. The highest BCUT2D eigenvalue weighted by Gasteiger charge is 2.44. The Morgan fingerprint density at radius 1 is 1.40 bits per heavy atom. The molecule has 0 aliphatic carbocycles. The fraction of sp³-hybridized carbons (Fsp3) is 0.467. The van der Waals surface area contributed by atoms with Gasteiger partial charge in [-0.25, -0.2) is 9.18 Å². The average Bonchev–Trinajstić information content (AvgIpc) is 2.35. The quantitative estimate of drug-likeness (QED) is 0.905. The molecule has 1 saturated heterocycles. The predicted molar refractivity (Wildman–Crippen MR) is 71.9 cm³/mol. The van der Waals surface area contributed by atoms with Gasteiger partial charge in [-0.3, -0.25) is 4.79 Å². The lowest BCUT2D eigenvalue weighted by atomic mass is 9.76. The lowest BCUT2D eigenvalue weighted by Gasteiger charge is -2.44. The Morgan fingerprint density at radius 2 is 2.10 bits per heavy atom. The molecule has 0 saturated carbocycles. The number of rotatable bonds is 2. The Balaban J connectivity index is 2.34. The molecule has 4 nitrogen and oxygen atoms in total. The van der Waals surface area contributed by atoms with Gasteiger partial charge >= 0.3 is 5.97 Å². The first-order valence-corrected chi connectivity index (χ1v) is 6.62. The second-order valence-electron chi connectivity index (χ2n) is 5.84. The number of carboxylic acid groups (broad SMARTS) is 1. The van der Waals surface area contributed by atoms with E-state index in [-0.39, 0.29) is 5.56 Å². The van der Waals surface area contributed by atoms with Gasteiger partial charge in [-0.05, 0) is 36.5 Å². The van der Waals surface area contributed by atoms with Gasteiger partial charge < -0.3 is 10.0 Å². The van der Waals surface area contributed by atoms with Gasteiger partial charge in [-0.15, -0.1) is 0 Å². The molecule has 0 spiro atoms. The standard InChI is InChI=1S/C15H18FNO3/c1-15(2)7-4-8-17(12(15)14(19)20)13(18)10-5-3-6-11(16)9-10/h3,5-6,9,12H,4,7-8H2,1-2H3,(H,19,20). The van der Waals surface area contributed by atoms with Crippen molar-refractivity contribution in [1.82, 2.24) is 4.90 Å². The summed E-state index contributed by atoms with van der Waals surface area (Å²) < 4.78 is 13.2. The van der Waals surface area contributed by atoms with Gasteiger partial charge in [0.1, 0.15) is 11.9 Å². The van der Waals surface area contributed by atoms with E-state index in [1.807, 2.05) is 13.8 Å². The number of nitrogens with zero attached hydrogens (tertiary/aromatic N) is 1. The number of carbonyl (C=O) groups is 2. The van der Waals surface area contributed by atoms with Crippen molar-refractivity contribution in [2.24, 2.45) is 5.41 Å². The molecule has 5 heteroatoms. The minimum absolute atomic E-state index is 0.189. The van der Waals surface area contributed by atoms with Crippen LogP contribution in [0.5, 0.6) is 0 Å². The van der Waals surface area contributed by atoms with E-state index in [0.717, 1.165) is 18.9 Å². The first-order chi connectivity index (χ1) is 9.33. The number of amides is 1. The van der Waals surface area contributed by atoms with Crippen molar-refractivity contribution in [1.29, 1.82) is 0 Å². The van der Waals surface area contributed by atoms with Crippen molar-refractivity contribution in [3.63, 3.8) is 0 Å². The number of benzene rings is 1. The first-order valence-electron chi connectivity index (χ1n) is 6.62. The molecular weight excluding hydrogens is 261 g/mol. The molecule has 1 aromatic carbocycles. The number of hydrogen-bond donors (Lipinski definition) is 1. The van der Waals surface area contributed by atoms with Crippen molar-refractivity contribution in [3.05, 3.63) is 35.6 Å². The Hall–Kier alpha value is -1.91. The second kappa shape index (κ2) is 5.23. The topological polar surface area (TPSA) is 57.6 Å². The number of halogens is 1. The van der Waals surface area contributed by atoms with Crippen molar-refractivity contribution < 1.29 is 19.1 Å². The third kappa shape index (κ3) is 2.66. The Bertz CT molecular complexity index is 542. The summed E-state index contributed by atoms with van der Waals surface area (Å²) in [5.41, 5.74) is -0.304. The van der Waals surface area contributed by atoms with Gasteiger partial charge in [0.2, 0.25) is 0 Å². The monoisotopic (exact) mass is 279 g/mol. The molecule has 2 rings (SSSR count). The molecule has 1 heterocycles. The van der Waals surface area contributed by atoms with E-state index in [1.165, 1.54) is 23.1 Å². The van der Waals surface area contributed by atoms with Crippen molar-refractivity contribution >= 4 is 11.9 Å². The Kier molecular flexibility index (Phi) is 3.79. The molecule has 1 atom stereocenters. The van der Waals surface area contributed by atoms with E-state index in [0.29, 0.717) is 6.54 Å². The Labute approximate surface area is 117 Å². The summed E-state index contributed by atoms with van der Waals surface area (Å²) in [5.74, 6) is -1.94. The van der Waals surface area contributed by atoms with Crippen molar-refractivity contribution in [2.45, 2.75) is 32.7 Å². The molecule has 0 bridgehead atoms. The molecular formula is C15H18FNO3. The van der Waals surface area contributed by atoms with Crippen LogP contribution in [0.25, 0.3) is 0 Å². The van der Waals surface area contributed by atoms with Crippen LogP contribution in [0.2, 0.25) is 0 Å². The molecule has 1 aromatic rings. The van der Waals surface area contributed by atoms with E-state index < -0.39 is 29.2 Å². The van der Waals surface area contributed by atoms with Crippen LogP contribution in [0.3, 0.4) is 0 Å². The minimum Gasteiger partial charge on any atom is -0.480 e. The number of likely N-dealkylation sites (tertiary alicyclic amines) is 1. The summed E-state index contributed by atoms with van der Waals surface area (Å²) in [6, 6.07) is 4.47. The summed E-state index contributed by atoms with van der Waals surface area (Å²) in [6.45, 7) is 4.07. The maximum absolute atomic E-state index is 13.2. The number of piperidine rings is 1. The molecule has 0 radical (unpaired) electrons. The molecule has 1 unspecified atom stereocenters. The number of hydrogen-bond acceptors (Lipinski definition) is 2. The van der Waals surface area contributed by atoms with Crippen LogP contribution in [-0.2, 0) is 4.79 Å². The van der Waals surface area contributed by atoms with Crippen LogP contribution in [-0.4, -0.2) is 34.5 Å². The van der Waals surface area contributed by atoms with Crippen LogP contribution in [0.15, 0.2) is 24.3 Å². The zero-order valence-electron chi connectivity index (χ0n) is 11.6. The molecule has 20 heavy (non-hydrogen) atoms. The third-order valence-electron chi connectivity index (χ3n) is 3.84. The van der Waals surface area contributed by atoms with Crippen LogP contribution >= 0.6 is 0 Å². The van der Waals surface area contributed by atoms with E-state index in [4.69, 9.17) is 0 Å². The van der Waals surface area contributed by atoms with Crippen LogP contribution < -0.4 is 0 Å². The fourth-order valence-corrected chi connectivity index (χ4v) is 2.87. The summed E-state index contributed by atoms with van der Waals surface area (Å²) >= 11 is 0. The number of carbonyl (C=O) groups excluding carboxylic acids is 1. The van der Waals surface area contributed by atoms with E-state index in [9.17, 15) is 19.1 Å². The maximum Gasteiger partial charge on any atom is 0.326 e. The molecule has 0 aromatic heterocycles. The largest absolute Gasteiger partial charge is 0.480 e. The van der Waals surface area contributed by atoms with Gasteiger partial charge in [0.15, 0.2) is 0 Å². The molecule has 1 aliphatic heterocycles. The second-order valence-corrected chi connectivity index (χ2v) is 5.84. The zero-order chi connectivity index (χ0) is 14.9. The molecule has 1 aliphatic rings. The lowest BCUT2D eigenvalue weighted by Crippen LogP contribution is -2.56. The highest BCUT2D eigenvalue weighted by atomic mass is 19.1. The molecule has 1 N–H and O–H groups in total. The normalized spacial score (nSPS) is 21.6. The van der Waals surface area contributed by atoms with Crippen molar-refractivity contribution in [2.75, 3.05) is 6.54 Å². The summed E-state index contributed by atoms with van der Waals surface area (Å²) in [6.07, 6.45) is 1.49. The first kappa shape index (κ1) is 14.5. The molecule has 1 fully saturated rings. The Morgan fingerprint density at radius 3 is 2.70 bits per heavy atom. The van der Waals surface area contributed by atoms with Gasteiger partial charge in [-0.1, -0.05) is 19.9 Å². The van der Waals surface area contributed by atoms with E-state index in [1.54, 1.807) is 0 Å². The van der Waals surface area contributed by atoms with E-state index in [2.05, 4.69) is 0 Å². The van der Waals surface area contributed by atoms with Gasteiger partial charge in [0.25, 0.3) is 5.91 Å². The van der Waals surface area contributed by atoms with Gasteiger partial charge in [0.05, 0.1) is 0 Å². The predicted octanol–water partition coefficient (Wildman–Crippen LogP) is 2.54. The van der Waals surface area contributed by atoms with Crippen LogP contribution in [0.1, 0.15) is 37.0 Å². The fourth-order valence-electron chi connectivity index (χ4n) is 2.87. The average molecular weight is 279 g/mol. The van der Waals surface area contributed by atoms with Crippen LogP contribution in [0.4, 0.5) is 4.39 Å².